The fourth-order valence-electron chi connectivity index (χ4n) is 10.2. The van der Waals surface area contributed by atoms with E-state index in [1.165, 1.54) is 115 Å². The van der Waals surface area contributed by atoms with Gasteiger partial charge >= 0.3 is 0 Å². The number of anilines is 2. The Hall–Kier alpha value is -1.64. The number of rotatable bonds is 7. The molecule has 0 radical (unpaired) electrons. The Morgan fingerprint density at radius 3 is 1.56 bits per heavy atom. The average molecular weight is 710 g/mol. The van der Waals surface area contributed by atoms with Crippen molar-refractivity contribution in [2.75, 3.05) is 16.4 Å². The lowest BCUT2D eigenvalue weighted by atomic mass is 9.91. The molecule has 48 heavy (non-hydrogen) atoms. The van der Waals surface area contributed by atoms with Gasteiger partial charge in [0.15, 0.2) is 0 Å². The van der Waals surface area contributed by atoms with Gasteiger partial charge in [0.25, 0.3) is 0 Å². The predicted octanol–water partition coefficient (Wildman–Crippen LogP) is 12.8. The van der Waals surface area contributed by atoms with Gasteiger partial charge < -0.3 is 14.5 Å². The van der Waals surface area contributed by atoms with Gasteiger partial charge in [-0.1, -0.05) is 80.8 Å². The maximum atomic E-state index is 8.77. The van der Waals surface area contributed by atoms with Crippen LogP contribution in [0.15, 0.2) is 48.1 Å². The highest BCUT2D eigenvalue weighted by atomic mass is 35.5. The monoisotopic (exact) mass is 708 g/mol. The van der Waals surface area contributed by atoms with Crippen LogP contribution in [0.2, 0.25) is 0 Å². The minimum Gasteiger partial charge on any atom is -0.354 e. The van der Waals surface area contributed by atoms with E-state index in [1.807, 2.05) is 0 Å². The number of alkyl halides is 2. The molecule has 0 aromatic heterocycles. The quantitative estimate of drug-likeness (QED) is 0.210. The molecule has 2 aromatic carbocycles. The van der Waals surface area contributed by atoms with Crippen LogP contribution in [-0.2, 0) is 4.74 Å². The van der Waals surface area contributed by atoms with E-state index in [9.17, 15) is 0 Å². The first-order valence-corrected chi connectivity index (χ1v) is 21.7. The zero-order valence-corrected chi connectivity index (χ0v) is 33.1. The van der Waals surface area contributed by atoms with E-state index in [-0.39, 0.29) is 5.38 Å². The Morgan fingerprint density at radius 1 is 0.708 bits per heavy atom. The maximum absolute atomic E-state index is 8.77. The normalized spacial score (nSPS) is 24.6. The highest BCUT2D eigenvalue weighted by Gasteiger charge is 2.57. The topological polar surface area (TPSA) is 15.7 Å². The van der Waals surface area contributed by atoms with E-state index >= 15 is 0 Å². The Kier molecular flexibility index (Phi) is 11.2. The lowest BCUT2D eigenvalue weighted by Gasteiger charge is -2.56. The summed E-state index contributed by atoms with van der Waals surface area (Å²) in [6, 6.07) is 9.28. The van der Waals surface area contributed by atoms with Gasteiger partial charge in [-0.25, -0.2) is 0 Å². The summed E-state index contributed by atoms with van der Waals surface area (Å²) < 4.78 is 6.05. The lowest BCUT2D eigenvalue weighted by Crippen LogP contribution is -2.45. The molecule has 0 N–H and O–H groups in total. The molecule has 0 saturated heterocycles. The number of nitrogens with zero attached hydrogens (tertiary/aromatic N) is 2. The number of allylic oxidation sites excluding steroid dienone is 1. The highest BCUT2D eigenvalue weighted by molar-refractivity contribution is 7.79. The van der Waals surface area contributed by atoms with Gasteiger partial charge in [0.1, 0.15) is 5.82 Å². The number of aryl methyl sites for hydroxylation is 6. The zero-order chi connectivity index (χ0) is 34.2. The van der Waals surface area contributed by atoms with Crippen molar-refractivity contribution >= 4 is 47.4 Å². The van der Waals surface area contributed by atoms with Crippen LogP contribution in [0.25, 0.3) is 0 Å². The molecule has 2 unspecified atom stereocenters. The van der Waals surface area contributed by atoms with Crippen molar-refractivity contribution in [3.63, 3.8) is 0 Å². The fraction of sp³-hybridized carbons (Fsp3) is 0.595. The molecule has 0 bridgehead atoms. The van der Waals surface area contributed by atoms with Crippen molar-refractivity contribution in [1.82, 2.24) is 0 Å². The van der Waals surface area contributed by atoms with Crippen LogP contribution < -0.4 is 9.80 Å². The average Bonchev–Trinajstić information content (AvgIpc) is 3.44. The summed E-state index contributed by atoms with van der Waals surface area (Å²) in [5, 5.41) is -0.158. The van der Waals surface area contributed by atoms with Gasteiger partial charge in [-0.05, 0) is 127 Å². The van der Waals surface area contributed by atoms with Crippen LogP contribution >= 0.6 is 30.1 Å². The summed E-state index contributed by atoms with van der Waals surface area (Å²) in [7, 11) is 0. The summed E-state index contributed by atoms with van der Waals surface area (Å²) >= 11 is 16.6. The molecule has 4 aliphatic rings. The largest absolute Gasteiger partial charge is 0.354 e. The van der Waals surface area contributed by atoms with Crippen molar-refractivity contribution in [3.05, 3.63) is 81.4 Å². The molecule has 2 atom stereocenters. The Bertz CT molecular complexity index is 1480. The number of hydrogen-bond acceptors (Lipinski definition) is 3. The minimum absolute atomic E-state index is 0.158. The first-order valence-electron chi connectivity index (χ1n) is 18.9. The molecular weight excluding hydrogens is 650 g/mol. The van der Waals surface area contributed by atoms with Crippen LogP contribution in [0, 0.1) is 41.5 Å². The molecule has 3 saturated carbocycles. The molecule has 1 aliphatic heterocycles. The summed E-state index contributed by atoms with van der Waals surface area (Å²) in [4.78, 5) is 4.93. The van der Waals surface area contributed by atoms with Crippen molar-refractivity contribution in [2.45, 2.75) is 153 Å². The summed E-state index contributed by atoms with van der Waals surface area (Å²) in [5.41, 5.74) is 12.6. The number of benzene rings is 2. The molecule has 0 spiro atoms. The summed E-state index contributed by atoms with van der Waals surface area (Å²) in [6.07, 6.45) is 20.4. The predicted molar refractivity (Wildman–Crippen MR) is 213 cm³/mol. The van der Waals surface area contributed by atoms with Gasteiger partial charge in [0.05, 0.1) is 21.4 Å². The number of halogens is 2. The number of hydrogen-bond donors (Lipinski definition) is 0. The first-order chi connectivity index (χ1) is 23.0. The van der Waals surface area contributed by atoms with Gasteiger partial charge in [-0.2, -0.15) is 0 Å². The van der Waals surface area contributed by atoms with Crippen LogP contribution in [0.5, 0.6) is 0 Å². The van der Waals surface area contributed by atoms with E-state index < -0.39 is 11.5 Å². The molecular formula is C42H59Cl2N2OP. The molecule has 3 aliphatic carbocycles. The zero-order valence-electron chi connectivity index (χ0n) is 30.7. The molecule has 6 rings (SSSR count). The highest BCUT2D eigenvalue weighted by Crippen LogP contribution is 2.77. The molecule has 2 aromatic rings. The van der Waals surface area contributed by atoms with Crippen molar-refractivity contribution < 1.29 is 4.74 Å². The van der Waals surface area contributed by atoms with Crippen molar-refractivity contribution in [1.29, 1.82) is 0 Å². The lowest BCUT2D eigenvalue weighted by molar-refractivity contribution is 0.348. The molecule has 0 amide bonds. The standard InChI is InChI=1S/C42H59Cl2N2OP/c1-8-47-28-48(35-16-11-9-12-17-35,36-18-13-10-14-19-36)42(44)21-15-20-37(43)38(42)41-45(39-31(4)24-29(2)25-32(39)5)22-23-46(41)40-33(6)26-30(3)27-34(40)7/h22-28,35-37H,8-21H2,1-7H3. The van der Waals surface area contributed by atoms with Crippen LogP contribution in [-0.4, -0.2) is 33.9 Å². The van der Waals surface area contributed by atoms with Gasteiger partial charge in [-0.15, -0.1) is 23.2 Å². The summed E-state index contributed by atoms with van der Waals surface area (Å²) in [5.74, 6) is 3.58. The van der Waals surface area contributed by atoms with Crippen molar-refractivity contribution in [2.24, 2.45) is 0 Å². The van der Waals surface area contributed by atoms with Crippen molar-refractivity contribution in [3.8, 4) is 0 Å². The maximum Gasteiger partial charge on any atom is 0.124 e. The van der Waals surface area contributed by atoms with Crippen LogP contribution in [0.3, 0.4) is 0 Å². The van der Waals surface area contributed by atoms with Crippen LogP contribution in [0.4, 0.5) is 11.4 Å². The van der Waals surface area contributed by atoms with Gasteiger partial charge in [0.2, 0.25) is 0 Å². The Morgan fingerprint density at radius 2 is 1.15 bits per heavy atom. The smallest absolute Gasteiger partial charge is 0.124 e. The second-order valence-corrected chi connectivity index (χ2v) is 20.9. The van der Waals surface area contributed by atoms with Crippen LogP contribution in [0.1, 0.15) is 124 Å². The Labute approximate surface area is 302 Å². The third-order valence-corrected chi connectivity index (χ3v) is 19.2. The SMILES string of the molecule is CCOC=P(C1CCCCC1)(C1CCCCC1)C1(Cl)CCCC(Cl)C1=C1N(c2c(C)cc(C)cc2C)C=CN1c1c(C)cc(C)cc1C. The molecule has 6 heteroatoms. The van der Waals surface area contributed by atoms with E-state index in [0.717, 1.165) is 25.1 Å². The molecule has 262 valence electrons. The van der Waals surface area contributed by atoms with E-state index in [4.69, 9.17) is 27.9 Å². The third-order valence-electron chi connectivity index (χ3n) is 11.9. The minimum atomic E-state index is -2.10. The second-order valence-electron chi connectivity index (χ2n) is 15.4. The summed E-state index contributed by atoms with van der Waals surface area (Å²) in [6.45, 7) is 14.2. The van der Waals surface area contributed by atoms with Gasteiger partial charge in [-0.3, -0.25) is 0 Å². The van der Waals surface area contributed by atoms with E-state index in [0.29, 0.717) is 17.9 Å². The molecule has 3 fully saturated rings. The molecule has 1 heterocycles. The third kappa shape index (κ3) is 6.38. The fourth-order valence-corrected chi connectivity index (χ4v) is 18.4. The molecule has 3 nitrogen and oxygen atoms in total. The second kappa shape index (κ2) is 14.9. The first kappa shape index (κ1) is 36.2. The Balaban J connectivity index is 1.70. The number of ether oxygens (including phenoxy) is 1. The van der Waals surface area contributed by atoms with Gasteiger partial charge in [0, 0.05) is 30.6 Å². The van der Waals surface area contributed by atoms with E-state index in [1.54, 1.807) is 0 Å². The van der Waals surface area contributed by atoms with E-state index in [2.05, 4.69) is 101 Å².